The van der Waals surface area contributed by atoms with Gasteiger partial charge >= 0.3 is 0 Å². The number of unbranched alkanes of at least 4 members (excludes halogenated alkanes) is 9. The second-order valence-electron chi connectivity index (χ2n) is 6.92. The quantitative estimate of drug-likeness (QED) is 0.297. The Morgan fingerprint density at radius 2 is 1.20 bits per heavy atom. The van der Waals surface area contributed by atoms with Gasteiger partial charge in [-0.1, -0.05) is 58.3 Å². The highest BCUT2D eigenvalue weighted by atomic mass is 79.9. The summed E-state index contributed by atoms with van der Waals surface area (Å²) < 4.78 is 6.65. The zero-order chi connectivity index (χ0) is 14.1. The summed E-state index contributed by atoms with van der Waals surface area (Å²) >= 11 is 0. The van der Waals surface area contributed by atoms with Crippen molar-refractivity contribution >= 4 is 0 Å². The number of hydrogen-bond acceptors (Lipinski definition) is 1. The molecule has 0 N–H and O–H groups in total. The SMILES string of the molecule is CCCCCCCCCCCC[N+](C)(C)C1OC1C.[Br-]. The average molecular weight is 350 g/mol. The summed E-state index contributed by atoms with van der Waals surface area (Å²) in [6.07, 6.45) is 15.2. The van der Waals surface area contributed by atoms with Gasteiger partial charge in [-0.15, -0.1) is 0 Å². The third-order valence-corrected chi connectivity index (χ3v) is 4.46. The Morgan fingerprint density at radius 1 is 0.800 bits per heavy atom. The fraction of sp³-hybridized carbons (Fsp3) is 1.00. The van der Waals surface area contributed by atoms with Gasteiger partial charge in [-0.05, 0) is 19.8 Å². The van der Waals surface area contributed by atoms with Crippen molar-refractivity contribution in [1.29, 1.82) is 0 Å². The van der Waals surface area contributed by atoms with Gasteiger partial charge in [0.1, 0.15) is 6.10 Å². The molecule has 0 bridgehead atoms. The molecular weight excluding hydrogens is 314 g/mol. The van der Waals surface area contributed by atoms with Crippen molar-refractivity contribution in [3.05, 3.63) is 0 Å². The van der Waals surface area contributed by atoms with Gasteiger partial charge in [-0.25, -0.2) is 0 Å². The van der Waals surface area contributed by atoms with Crippen LogP contribution in [0.5, 0.6) is 0 Å². The third kappa shape index (κ3) is 8.63. The number of nitrogens with zero attached hydrogens (tertiary/aromatic N) is 1. The molecular formula is C17H36BrNO. The van der Waals surface area contributed by atoms with Gasteiger partial charge in [-0.2, -0.15) is 0 Å². The fourth-order valence-corrected chi connectivity index (χ4v) is 3.04. The maximum Gasteiger partial charge on any atom is 0.220 e. The van der Waals surface area contributed by atoms with Gasteiger partial charge < -0.3 is 26.2 Å². The number of hydrogen-bond donors (Lipinski definition) is 0. The lowest BCUT2D eigenvalue weighted by molar-refractivity contribution is -0.911. The van der Waals surface area contributed by atoms with Gasteiger partial charge in [-0.3, -0.25) is 0 Å². The maximum atomic E-state index is 5.60. The van der Waals surface area contributed by atoms with Crippen LogP contribution in [0.3, 0.4) is 0 Å². The van der Waals surface area contributed by atoms with Gasteiger partial charge in [0.15, 0.2) is 0 Å². The van der Waals surface area contributed by atoms with Crippen LogP contribution in [0.1, 0.15) is 78.1 Å². The minimum Gasteiger partial charge on any atom is -1.00 e. The van der Waals surface area contributed by atoms with Crippen LogP contribution in [-0.4, -0.2) is 37.5 Å². The van der Waals surface area contributed by atoms with Crippen molar-refractivity contribution in [3.63, 3.8) is 0 Å². The Balaban J connectivity index is 0.00000361. The van der Waals surface area contributed by atoms with Crippen LogP contribution >= 0.6 is 0 Å². The molecule has 1 heterocycles. The summed E-state index contributed by atoms with van der Waals surface area (Å²) in [5.74, 6) is 0. The lowest BCUT2D eigenvalue weighted by Crippen LogP contribution is -3.00. The van der Waals surface area contributed by atoms with E-state index in [9.17, 15) is 0 Å². The van der Waals surface area contributed by atoms with Crippen LogP contribution in [0, 0.1) is 0 Å². The number of rotatable bonds is 12. The lowest BCUT2D eigenvalue weighted by Gasteiger charge is -2.27. The van der Waals surface area contributed by atoms with E-state index in [1.165, 1.54) is 70.8 Å². The Kier molecular flexibility index (Phi) is 11.3. The monoisotopic (exact) mass is 349 g/mol. The van der Waals surface area contributed by atoms with Crippen LogP contribution in [0.2, 0.25) is 0 Å². The summed E-state index contributed by atoms with van der Waals surface area (Å²) in [5, 5.41) is 0. The van der Waals surface area contributed by atoms with Crippen LogP contribution in [0.25, 0.3) is 0 Å². The molecule has 0 spiro atoms. The Morgan fingerprint density at radius 3 is 1.60 bits per heavy atom. The number of epoxide rings is 1. The highest BCUT2D eigenvalue weighted by molar-refractivity contribution is 4.71. The summed E-state index contributed by atoms with van der Waals surface area (Å²) in [6, 6.07) is 0. The average Bonchev–Trinajstić information content (AvgIpc) is 3.10. The van der Waals surface area contributed by atoms with E-state index in [0.29, 0.717) is 12.3 Å². The highest BCUT2D eigenvalue weighted by Crippen LogP contribution is 2.29. The molecule has 0 aromatic heterocycles. The molecule has 0 saturated carbocycles. The summed E-state index contributed by atoms with van der Waals surface area (Å²) in [7, 11) is 4.61. The molecule has 0 radical (unpaired) electrons. The molecule has 0 aliphatic carbocycles. The molecule has 1 rings (SSSR count). The second-order valence-corrected chi connectivity index (χ2v) is 6.92. The second kappa shape index (κ2) is 11.0. The molecule has 1 aliphatic heterocycles. The van der Waals surface area contributed by atoms with Crippen molar-refractivity contribution in [2.45, 2.75) is 90.4 Å². The van der Waals surface area contributed by atoms with E-state index in [1.54, 1.807) is 0 Å². The largest absolute Gasteiger partial charge is 1.00 e. The van der Waals surface area contributed by atoms with Gasteiger partial charge in [0, 0.05) is 0 Å². The normalized spacial score (nSPS) is 21.6. The van der Waals surface area contributed by atoms with Crippen molar-refractivity contribution in [3.8, 4) is 0 Å². The minimum atomic E-state index is 0. The highest BCUT2D eigenvalue weighted by Gasteiger charge is 2.47. The van der Waals surface area contributed by atoms with E-state index < -0.39 is 0 Å². The molecule has 1 fully saturated rings. The van der Waals surface area contributed by atoms with Crippen molar-refractivity contribution in [2.75, 3.05) is 20.6 Å². The zero-order valence-corrected chi connectivity index (χ0v) is 15.8. The molecule has 0 aromatic carbocycles. The lowest BCUT2D eigenvalue weighted by atomic mass is 10.1. The number of quaternary nitrogens is 1. The molecule has 2 nitrogen and oxygen atoms in total. The molecule has 20 heavy (non-hydrogen) atoms. The first-order chi connectivity index (χ1) is 9.08. The first-order valence-corrected chi connectivity index (χ1v) is 8.56. The standard InChI is InChI=1S/C17H36NO.BrH/c1-5-6-7-8-9-10-11-12-13-14-15-18(3,4)17-16(2)19-17;/h16-17H,5-15H2,1-4H3;1H/q+1;/p-1. The van der Waals surface area contributed by atoms with E-state index in [4.69, 9.17) is 4.74 Å². The molecule has 122 valence electrons. The minimum absolute atomic E-state index is 0. The first kappa shape index (κ1) is 20.4. The molecule has 0 amide bonds. The van der Waals surface area contributed by atoms with Crippen LogP contribution < -0.4 is 17.0 Å². The topological polar surface area (TPSA) is 12.5 Å². The number of ether oxygens (including phenoxy) is 1. The molecule has 1 saturated heterocycles. The number of halogens is 1. The van der Waals surface area contributed by atoms with Crippen molar-refractivity contribution in [2.24, 2.45) is 0 Å². The van der Waals surface area contributed by atoms with E-state index in [0.717, 1.165) is 4.48 Å². The molecule has 0 aromatic rings. The predicted octanol–water partition coefficient (Wildman–Crippen LogP) is 1.73. The molecule has 1 aliphatic rings. The third-order valence-electron chi connectivity index (χ3n) is 4.46. The van der Waals surface area contributed by atoms with Crippen molar-refractivity contribution < 1.29 is 26.2 Å². The van der Waals surface area contributed by atoms with E-state index in [-0.39, 0.29) is 17.0 Å². The first-order valence-electron chi connectivity index (χ1n) is 8.56. The summed E-state index contributed by atoms with van der Waals surface area (Å²) in [6.45, 7) is 5.74. The predicted molar refractivity (Wildman–Crippen MR) is 83.2 cm³/mol. The smallest absolute Gasteiger partial charge is 0.220 e. The maximum absolute atomic E-state index is 5.60. The summed E-state index contributed by atoms with van der Waals surface area (Å²) in [5.41, 5.74) is 0. The van der Waals surface area contributed by atoms with Crippen molar-refractivity contribution in [1.82, 2.24) is 0 Å². The summed E-state index contributed by atoms with van der Waals surface area (Å²) in [4.78, 5) is 0. The Hall–Kier alpha value is 0.400. The van der Waals surface area contributed by atoms with E-state index >= 15 is 0 Å². The molecule has 3 heteroatoms. The molecule has 2 unspecified atom stereocenters. The van der Waals surface area contributed by atoms with Gasteiger partial charge in [0.05, 0.1) is 20.6 Å². The fourth-order valence-electron chi connectivity index (χ4n) is 3.04. The van der Waals surface area contributed by atoms with Crippen LogP contribution in [0.4, 0.5) is 0 Å². The van der Waals surface area contributed by atoms with E-state index in [2.05, 4.69) is 27.9 Å². The zero-order valence-electron chi connectivity index (χ0n) is 14.2. The van der Waals surface area contributed by atoms with Gasteiger partial charge in [0.2, 0.25) is 6.23 Å². The van der Waals surface area contributed by atoms with Gasteiger partial charge in [0.25, 0.3) is 0 Å². The van der Waals surface area contributed by atoms with Crippen LogP contribution in [-0.2, 0) is 4.74 Å². The molecule has 2 atom stereocenters. The Bertz CT molecular complexity index is 233. The number of likely N-dealkylation sites (N-methyl/N-ethyl adjacent to an activating group) is 1. The van der Waals surface area contributed by atoms with Crippen LogP contribution in [0.15, 0.2) is 0 Å². The Labute approximate surface area is 137 Å². The van der Waals surface area contributed by atoms with E-state index in [1.807, 2.05) is 0 Å².